The van der Waals surface area contributed by atoms with Gasteiger partial charge < -0.3 is 19.9 Å². The van der Waals surface area contributed by atoms with Crippen molar-refractivity contribution in [3.05, 3.63) is 64.2 Å². The van der Waals surface area contributed by atoms with Crippen LogP contribution >= 0.6 is 0 Å². The molecule has 3 fully saturated rings. The van der Waals surface area contributed by atoms with E-state index in [9.17, 15) is 18.0 Å². The number of carbonyl (C=O) groups is 1. The maximum atomic E-state index is 14.4. The van der Waals surface area contributed by atoms with Crippen LogP contribution in [0.15, 0.2) is 30.6 Å². The van der Waals surface area contributed by atoms with Crippen LogP contribution in [0, 0.1) is 0 Å². The third kappa shape index (κ3) is 5.36. The van der Waals surface area contributed by atoms with Gasteiger partial charge in [-0.05, 0) is 80.0 Å². The number of ether oxygens (including phenoxy) is 1. The quantitative estimate of drug-likeness (QED) is 0.341. The molecule has 7 rings (SSSR count). The maximum Gasteiger partial charge on any atom is 0.416 e. The van der Waals surface area contributed by atoms with Gasteiger partial charge in [-0.1, -0.05) is 12.8 Å². The van der Waals surface area contributed by atoms with Gasteiger partial charge in [0.05, 0.1) is 25.3 Å². The molecule has 2 N–H and O–H groups in total. The second kappa shape index (κ2) is 10.8. The molecule has 2 aromatic heterocycles. The van der Waals surface area contributed by atoms with E-state index in [1.807, 2.05) is 23.7 Å². The third-order valence-corrected chi connectivity index (χ3v) is 10.0. The van der Waals surface area contributed by atoms with E-state index < -0.39 is 23.1 Å². The van der Waals surface area contributed by atoms with Crippen LogP contribution < -0.4 is 15.5 Å². The van der Waals surface area contributed by atoms with E-state index in [0.29, 0.717) is 36.8 Å². The van der Waals surface area contributed by atoms with Gasteiger partial charge in [0.1, 0.15) is 23.8 Å². The molecule has 4 aliphatic rings. The van der Waals surface area contributed by atoms with Crippen LogP contribution in [0.4, 0.5) is 24.8 Å². The zero-order valence-electron chi connectivity index (χ0n) is 25.1. The SMILES string of the molecule is Cn1cnnc1CC1(c2cc(NC3CCCC3)nc(N3Cc4c(cc(CNC5(C)CCC5)cc4C(F)(F)F)C3=O)c2)COC1. The van der Waals surface area contributed by atoms with Gasteiger partial charge >= 0.3 is 6.18 Å². The highest BCUT2D eigenvalue weighted by atomic mass is 19.4. The number of anilines is 2. The summed E-state index contributed by atoms with van der Waals surface area (Å²) in [5, 5.41) is 15.3. The van der Waals surface area contributed by atoms with E-state index in [4.69, 9.17) is 9.72 Å². The summed E-state index contributed by atoms with van der Waals surface area (Å²) in [6.45, 7) is 3.07. The Hall–Kier alpha value is -3.51. The van der Waals surface area contributed by atoms with Crippen molar-refractivity contribution in [2.75, 3.05) is 23.4 Å². The Balaban J connectivity index is 1.25. The molecule has 2 aliphatic heterocycles. The molecule has 0 spiro atoms. The lowest BCUT2D eigenvalue weighted by Crippen LogP contribution is -2.49. The molecular weight excluding hydrogens is 571 g/mol. The Morgan fingerprint density at radius 3 is 2.48 bits per heavy atom. The van der Waals surface area contributed by atoms with Gasteiger partial charge in [-0.3, -0.25) is 9.69 Å². The topological polar surface area (TPSA) is 97.2 Å². The summed E-state index contributed by atoms with van der Waals surface area (Å²) in [4.78, 5) is 20.1. The van der Waals surface area contributed by atoms with Crippen molar-refractivity contribution >= 4 is 17.5 Å². The summed E-state index contributed by atoms with van der Waals surface area (Å²) in [5.74, 6) is 1.29. The predicted molar refractivity (Wildman–Crippen MR) is 158 cm³/mol. The van der Waals surface area contributed by atoms with E-state index in [1.54, 1.807) is 12.4 Å². The van der Waals surface area contributed by atoms with Gasteiger partial charge in [0.2, 0.25) is 0 Å². The second-order valence-corrected chi connectivity index (χ2v) is 13.4. The van der Waals surface area contributed by atoms with Gasteiger partial charge in [0, 0.05) is 42.6 Å². The molecule has 12 heteroatoms. The molecule has 44 heavy (non-hydrogen) atoms. The summed E-state index contributed by atoms with van der Waals surface area (Å²) in [6, 6.07) is 6.92. The van der Waals surface area contributed by atoms with Crippen molar-refractivity contribution in [2.24, 2.45) is 7.05 Å². The Kier molecular flexibility index (Phi) is 7.19. The molecule has 2 saturated carbocycles. The van der Waals surface area contributed by atoms with Crippen LogP contribution in [-0.4, -0.2) is 50.5 Å². The molecule has 4 heterocycles. The first-order chi connectivity index (χ1) is 21.0. The second-order valence-electron chi connectivity index (χ2n) is 13.4. The standard InChI is InChI=1S/C32H38F3N7O2/c1-30(8-5-9-30)36-15-20-10-23-24(25(11-20)32(33,34)35)16-42(29(23)43)27-13-21(12-26(39-27)38-22-6-3-4-7-22)31(17-44-18-31)14-28-40-37-19-41(28)2/h10-13,19,22,36H,3-9,14-18H2,1-2H3,(H,38,39). The lowest BCUT2D eigenvalue weighted by Gasteiger charge is -2.42. The number of aryl methyl sites for hydroxylation is 1. The highest BCUT2D eigenvalue weighted by molar-refractivity contribution is 6.10. The lowest BCUT2D eigenvalue weighted by atomic mass is 9.75. The van der Waals surface area contributed by atoms with E-state index in [1.165, 1.54) is 11.0 Å². The average molecular weight is 610 g/mol. The van der Waals surface area contributed by atoms with E-state index >= 15 is 0 Å². The molecule has 234 valence electrons. The van der Waals surface area contributed by atoms with Crippen molar-refractivity contribution in [2.45, 2.75) is 94.6 Å². The molecule has 9 nitrogen and oxygen atoms in total. The zero-order chi connectivity index (χ0) is 30.7. The first-order valence-electron chi connectivity index (χ1n) is 15.5. The van der Waals surface area contributed by atoms with Gasteiger partial charge in [-0.2, -0.15) is 13.2 Å². The number of nitrogens with one attached hydrogen (secondary N) is 2. The minimum atomic E-state index is -4.59. The van der Waals surface area contributed by atoms with Gasteiger partial charge in [-0.15, -0.1) is 10.2 Å². The first kappa shape index (κ1) is 29.2. The molecule has 0 atom stereocenters. The van der Waals surface area contributed by atoms with Crippen molar-refractivity contribution in [3.63, 3.8) is 0 Å². The fourth-order valence-electron chi connectivity index (χ4n) is 7.01. The molecule has 1 saturated heterocycles. The number of hydrogen-bond acceptors (Lipinski definition) is 7. The largest absolute Gasteiger partial charge is 0.416 e. The summed E-state index contributed by atoms with van der Waals surface area (Å²) < 4.78 is 50.8. The molecular formula is C32H38F3N7O2. The van der Waals surface area contributed by atoms with Crippen LogP contribution in [-0.2, 0) is 42.9 Å². The number of amides is 1. The molecule has 2 aliphatic carbocycles. The number of alkyl halides is 3. The van der Waals surface area contributed by atoms with Crippen LogP contribution in [0.2, 0.25) is 0 Å². The lowest BCUT2D eigenvalue weighted by molar-refractivity contribution is -0.138. The number of halogens is 3. The predicted octanol–water partition coefficient (Wildman–Crippen LogP) is 5.29. The normalized spacial score (nSPS) is 20.8. The summed E-state index contributed by atoms with van der Waals surface area (Å²) in [5.41, 5.74) is 0.205. The van der Waals surface area contributed by atoms with E-state index in [0.717, 1.165) is 56.3 Å². The third-order valence-electron chi connectivity index (χ3n) is 10.0. The van der Waals surface area contributed by atoms with Gasteiger partial charge in [0.25, 0.3) is 5.91 Å². The van der Waals surface area contributed by atoms with Crippen molar-refractivity contribution < 1.29 is 22.7 Å². The average Bonchev–Trinajstić information content (AvgIpc) is 3.68. The molecule has 0 radical (unpaired) electrons. The van der Waals surface area contributed by atoms with E-state index in [-0.39, 0.29) is 35.8 Å². The van der Waals surface area contributed by atoms with E-state index in [2.05, 4.69) is 27.8 Å². The number of nitrogens with zero attached hydrogens (tertiary/aromatic N) is 5. The highest BCUT2D eigenvalue weighted by Crippen LogP contribution is 2.42. The van der Waals surface area contributed by atoms with Crippen LogP contribution in [0.25, 0.3) is 0 Å². The fourth-order valence-corrected chi connectivity index (χ4v) is 7.01. The number of rotatable bonds is 9. The molecule has 0 unspecified atom stereocenters. The Morgan fingerprint density at radius 1 is 1.09 bits per heavy atom. The van der Waals surface area contributed by atoms with Crippen LogP contribution in [0.5, 0.6) is 0 Å². The number of carbonyl (C=O) groups excluding carboxylic acids is 1. The summed E-state index contributed by atoms with van der Waals surface area (Å²) in [6.07, 6.45) is 5.00. The highest BCUT2D eigenvalue weighted by Gasteiger charge is 2.44. The van der Waals surface area contributed by atoms with Gasteiger partial charge in [-0.25, -0.2) is 4.98 Å². The number of benzene rings is 1. The minimum absolute atomic E-state index is 0.000568. The number of hydrogen-bond donors (Lipinski definition) is 2. The Labute approximate surface area is 254 Å². The fraction of sp³-hybridized carbons (Fsp3) is 0.562. The van der Waals surface area contributed by atoms with Crippen molar-refractivity contribution in [3.8, 4) is 0 Å². The number of pyridine rings is 1. The van der Waals surface area contributed by atoms with Crippen LogP contribution in [0.3, 0.4) is 0 Å². The maximum absolute atomic E-state index is 14.4. The van der Waals surface area contributed by atoms with Crippen molar-refractivity contribution in [1.82, 2.24) is 25.1 Å². The van der Waals surface area contributed by atoms with Crippen molar-refractivity contribution in [1.29, 1.82) is 0 Å². The molecule has 1 aromatic carbocycles. The van der Waals surface area contributed by atoms with Gasteiger partial charge in [0.15, 0.2) is 0 Å². The molecule has 0 bridgehead atoms. The smallest absolute Gasteiger partial charge is 0.379 e. The zero-order valence-corrected chi connectivity index (χ0v) is 25.1. The molecule has 3 aromatic rings. The van der Waals surface area contributed by atoms with Crippen LogP contribution in [0.1, 0.15) is 90.3 Å². The molecule has 1 amide bonds. The summed E-state index contributed by atoms with van der Waals surface area (Å²) in [7, 11) is 1.89. The monoisotopic (exact) mass is 609 g/mol. The first-order valence-corrected chi connectivity index (χ1v) is 15.5. The number of aromatic nitrogens is 4. The Morgan fingerprint density at radius 2 is 1.86 bits per heavy atom. The number of fused-ring (bicyclic) bond motifs is 1. The Bertz CT molecular complexity index is 1570. The summed E-state index contributed by atoms with van der Waals surface area (Å²) >= 11 is 0. The minimum Gasteiger partial charge on any atom is -0.379 e.